The van der Waals surface area contributed by atoms with Crippen molar-refractivity contribution in [3.05, 3.63) is 73.8 Å². The zero-order chi connectivity index (χ0) is 21.4. The van der Waals surface area contributed by atoms with Crippen LogP contribution in [0.4, 0.5) is 0 Å². The number of hydrogen-bond acceptors (Lipinski definition) is 6. The van der Waals surface area contributed by atoms with E-state index in [2.05, 4.69) is 15.3 Å². The first-order chi connectivity index (χ1) is 14.3. The van der Waals surface area contributed by atoms with Crippen LogP contribution in [0, 0.1) is 0 Å². The molecule has 1 amide bonds. The molecule has 0 unspecified atom stereocenters. The van der Waals surface area contributed by atoms with Crippen LogP contribution in [0.3, 0.4) is 0 Å². The summed E-state index contributed by atoms with van der Waals surface area (Å²) >= 11 is 6.03. The predicted octanol–water partition coefficient (Wildman–Crippen LogP) is 1.93. The average molecular weight is 430 g/mol. The lowest BCUT2D eigenvalue weighted by Gasteiger charge is -2.03. The molecule has 11 heteroatoms. The number of amides is 1. The first-order valence-corrected chi connectivity index (χ1v) is 9.18. The van der Waals surface area contributed by atoms with Crippen molar-refractivity contribution in [3.63, 3.8) is 0 Å². The summed E-state index contributed by atoms with van der Waals surface area (Å²) in [6.07, 6.45) is 0. The molecule has 0 aliphatic heterocycles. The Labute approximate surface area is 173 Å². The Balaban J connectivity index is 1.48. The maximum absolute atomic E-state index is 12.4. The van der Waals surface area contributed by atoms with Crippen molar-refractivity contribution in [2.75, 3.05) is 0 Å². The van der Waals surface area contributed by atoms with Gasteiger partial charge in [0.1, 0.15) is 17.1 Å². The molecule has 0 saturated carbocycles. The number of furan rings is 1. The molecule has 0 atom stereocenters. The van der Waals surface area contributed by atoms with Crippen LogP contribution < -0.4 is 21.3 Å². The molecular formula is C19H16ClN5O5. The molecular weight excluding hydrogens is 414 g/mol. The van der Waals surface area contributed by atoms with Crippen molar-refractivity contribution >= 4 is 28.7 Å². The van der Waals surface area contributed by atoms with Gasteiger partial charge in [0.25, 0.3) is 17.4 Å². The molecule has 0 radical (unpaired) electrons. The minimum atomic E-state index is -0.508. The average Bonchev–Trinajstić information content (AvgIpc) is 3.38. The van der Waals surface area contributed by atoms with Gasteiger partial charge in [0.05, 0.1) is 11.6 Å². The van der Waals surface area contributed by atoms with E-state index < -0.39 is 17.2 Å². The summed E-state index contributed by atoms with van der Waals surface area (Å²) in [4.78, 5) is 43.6. The second kappa shape index (κ2) is 7.56. The van der Waals surface area contributed by atoms with E-state index in [-0.39, 0.29) is 29.4 Å². The van der Waals surface area contributed by atoms with E-state index in [1.54, 1.807) is 24.3 Å². The highest BCUT2D eigenvalue weighted by molar-refractivity contribution is 6.32. The van der Waals surface area contributed by atoms with Gasteiger partial charge in [-0.25, -0.2) is 9.78 Å². The van der Waals surface area contributed by atoms with Crippen molar-refractivity contribution in [1.82, 2.24) is 24.4 Å². The van der Waals surface area contributed by atoms with Crippen LogP contribution in [0.25, 0.3) is 11.2 Å². The third kappa shape index (κ3) is 3.48. The Kier molecular flexibility index (Phi) is 4.92. The van der Waals surface area contributed by atoms with Gasteiger partial charge in [0.2, 0.25) is 0 Å². The number of aromatic amines is 1. The second-order valence-electron chi connectivity index (χ2n) is 6.42. The fourth-order valence-electron chi connectivity index (χ4n) is 2.84. The highest BCUT2D eigenvalue weighted by atomic mass is 35.5. The number of H-pyrrole nitrogens is 1. The number of carbonyl (C=O) groups is 1. The van der Waals surface area contributed by atoms with E-state index in [1.807, 2.05) is 0 Å². The van der Waals surface area contributed by atoms with E-state index in [4.69, 9.17) is 20.8 Å². The predicted molar refractivity (Wildman–Crippen MR) is 108 cm³/mol. The molecule has 0 saturated heterocycles. The van der Waals surface area contributed by atoms with Gasteiger partial charge in [0, 0.05) is 20.2 Å². The number of nitrogens with zero attached hydrogens (tertiary/aromatic N) is 3. The first-order valence-electron chi connectivity index (χ1n) is 8.80. The summed E-state index contributed by atoms with van der Waals surface area (Å²) in [7, 11) is 2.89. The monoisotopic (exact) mass is 429 g/mol. The highest BCUT2D eigenvalue weighted by Crippen LogP contribution is 2.29. The Morgan fingerprint density at radius 2 is 1.97 bits per heavy atom. The zero-order valence-corrected chi connectivity index (χ0v) is 16.7. The number of fused-ring (bicyclic) bond motifs is 1. The largest absolute Gasteiger partial charge is 0.424 e. The van der Waals surface area contributed by atoms with Crippen LogP contribution in [0.5, 0.6) is 11.7 Å². The molecule has 0 fully saturated rings. The number of aromatic nitrogens is 4. The molecule has 1 aromatic carbocycles. The third-order valence-electron chi connectivity index (χ3n) is 4.41. The van der Waals surface area contributed by atoms with Crippen LogP contribution in [-0.4, -0.2) is 25.0 Å². The van der Waals surface area contributed by atoms with E-state index in [9.17, 15) is 14.4 Å². The number of imidazole rings is 1. The van der Waals surface area contributed by atoms with Crippen LogP contribution in [0.15, 0.2) is 50.4 Å². The van der Waals surface area contributed by atoms with Gasteiger partial charge in [-0.15, -0.1) is 0 Å². The molecule has 0 bridgehead atoms. The number of carbonyl (C=O) groups excluding carboxylic acids is 1. The van der Waals surface area contributed by atoms with Crippen LogP contribution in [0.2, 0.25) is 5.02 Å². The quantitative estimate of drug-likeness (QED) is 0.499. The topological polar surface area (TPSA) is 124 Å². The standard InChI is InChI=1S/C19H16ClN5O5/c1-24-16-15(18(27)25(2)19(24)28)22-13(23-16)9-21-17(26)12-7-8-14(30-12)29-11-6-4-3-5-10(11)20/h3-8H,9H2,1-2H3,(H,21,26)(H,22,23). The van der Waals surface area contributed by atoms with Gasteiger partial charge >= 0.3 is 5.69 Å². The minimum absolute atomic E-state index is 0.00768. The molecule has 2 N–H and O–H groups in total. The summed E-state index contributed by atoms with van der Waals surface area (Å²) in [5.74, 6) is 0.337. The number of rotatable bonds is 5. The molecule has 0 aliphatic rings. The van der Waals surface area contributed by atoms with Crippen molar-refractivity contribution in [2.24, 2.45) is 14.1 Å². The number of halogens is 1. The van der Waals surface area contributed by atoms with Gasteiger partial charge in [-0.2, -0.15) is 0 Å². The molecule has 0 spiro atoms. The summed E-state index contributed by atoms with van der Waals surface area (Å²) < 4.78 is 13.2. The van der Waals surface area contributed by atoms with Gasteiger partial charge in [0.15, 0.2) is 11.4 Å². The molecule has 10 nitrogen and oxygen atoms in total. The number of ether oxygens (including phenoxy) is 1. The molecule has 30 heavy (non-hydrogen) atoms. The van der Waals surface area contributed by atoms with E-state index >= 15 is 0 Å². The van der Waals surface area contributed by atoms with Gasteiger partial charge in [-0.1, -0.05) is 23.7 Å². The lowest BCUT2D eigenvalue weighted by Crippen LogP contribution is -2.36. The summed E-state index contributed by atoms with van der Waals surface area (Å²) in [6.45, 7) is -0.00768. The number of benzene rings is 1. The second-order valence-corrected chi connectivity index (χ2v) is 6.83. The Morgan fingerprint density at radius 1 is 1.20 bits per heavy atom. The van der Waals surface area contributed by atoms with Crippen LogP contribution in [0.1, 0.15) is 16.4 Å². The fourth-order valence-corrected chi connectivity index (χ4v) is 3.02. The zero-order valence-electron chi connectivity index (χ0n) is 15.9. The van der Waals surface area contributed by atoms with E-state index in [1.165, 1.54) is 30.8 Å². The highest BCUT2D eigenvalue weighted by Gasteiger charge is 2.16. The number of para-hydroxylation sites is 1. The van der Waals surface area contributed by atoms with Crippen molar-refractivity contribution in [3.8, 4) is 11.7 Å². The molecule has 154 valence electrons. The maximum atomic E-state index is 12.4. The fraction of sp³-hybridized carbons (Fsp3) is 0.158. The van der Waals surface area contributed by atoms with Gasteiger partial charge < -0.3 is 19.5 Å². The third-order valence-corrected chi connectivity index (χ3v) is 4.72. The van der Waals surface area contributed by atoms with Crippen molar-refractivity contribution in [1.29, 1.82) is 0 Å². The van der Waals surface area contributed by atoms with Crippen LogP contribution in [-0.2, 0) is 20.6 Å². The van der Waals surface area contributed by atoms with Gasteiger partial charge in [-0.05, 0) is 18.2 Å². The summed E-state index contributed by atoms with van der Waals surface area (Å²) in [5, 5.41) is 3.04. The minimum Gasteiger partial charge on any atom is -0.424 e. The van der Waals surface area contributed by atoms with E-state index in [0.29, 0.717) is 16.6 Å². The van der Waals surface area contributed by atoms with Crippen molar-refractivity contribution < 1.29 is 13.9 Å². The normalized spacial score (nSPS) is 11.0. The Morgan fingerprint density at radius 3 is 2.73 bits per heavy atom. The number of hydrogen-bond donors (Lipinski definition) is 2. The van der Waals surface area contributed by atoms with Gasteiger partial charge in [-0.3, -0.25) is 18.7 Å². The first kappa shape index (κ1) is 19.5. The summed E-state index contributed by atoms with van der Waals surface area (Å²) in [5.41, 5.74) is -0.597. The molecule has 4 aromatic rings. The maximum Gasteiger partial charge on any atom is 0.332 e. The Bertz CT molecular complexity index is 1380. The molecule has 0 aliphatic carbocycles. The lowest BCUT2D eigenvalue weighted by molar-refractivity contribution is 0.0917. The lowest BCUT2D eigenvalue weighted by atomic mass is 10.3. The van der Waals surface area contributed by atoms with Crippen molar-refractivity contribution in [2.45, 2.75) is 6.54 Å². The number of aryl methyl sites for hydroxylation is 1. The molecule has 3 aromatic heterocycles. The van der Waals surface area contributed by atoms with E-state index in [0.717, 1.165) is 4.57 Å². The van der Waals surface area contributed by atoms with Crippen LogP contribution >= 0.6 is 11.6 Å². The summed E-state index contributed by atoms with van der Waals surface area (Å²) in [6, 6.07) is 9.82. The Hall–Kier alpha value is -3.79. The molecule has 3 heterocycles. The number of nitrogens with one attached hydrogen (secondary N) is 2. The molecule has 4 rings (SSSR count). The smallest absolute Gasteiger partial charge is 0.332 e. The SMILES string of the molecule is Cn1c(=O)c2[nH]c(CNC(=O)c3ccc(Oc4ccccc4Cl)o3)nc2n(C)c1=O.